The van der Waals surface area contributed by atoms with Crippen molar-refractivity contribution in [2.24, 2.45) is 5.92 Å². The van der Waals surface area contributed by atoms with Crippen LogP contribution in [-0.4, -0.2) is 17.4 Å². The molecule has 4 nitrogen and oxygen atoms in total. The van der Waals surface area contributed by atoms with Gasteiger partial charge in [-0.25, -0.2) is 4.98 Å². The average molecular weight is 283 g/mol. The summed E-state index contributed by atoms with van der Waals surface area (Å²) in [6.45, 7) is 4.56. The second-order valence-corrected chi connectivity index (χ2v) is 5.24. The molecule has 0 unspecified atom stereocenters. The lowest BCUT2D eigenvalue weighted by molar-refractivity contribution is -0.118. The Bertz CT molecular complexity index is 564. The molecule has 1 aromatic carbocycles. The summed E-state index contributed by atoms with van der Waals surface area (Å²) in [6.07, 6.45) is 2.70. The van der Waals surface area contributed by atoms with Gasteiger partial charge in [-0.1, -0.05) is 44.2 Å². The molecule has 1 aromatic heterocycles. The number of hydrogen-bond acceptors (Lipinski definition) is 3. The van der Waals surface area contributed by atoms with Crippen molar-refractivity contribution in [3.63, 3.8) is 0 Å². The van der Waals surface area contributed by atoms with Crippen molar-refractivity contribution in [2.75, 3.05) is 17.2 Å². The lowest BCUT2D eigenvalue weighted by Gasteiger charge is -2.09. The Morgan fingerprint density at radius 1 is 1.14 bits per heavy atom. The Kier molecular flexibility index (Phi) is 5.32. The van der Waals surface area contributed by atoms with Crippen LogP contribution >= 0.6 is 0 Å². The summed E-state index contributed by atoms with van der Waals surface area (Å²) in [6, 6.07) is 14.1. The quantitative estimate of drug-likeness (QED) is 0.855. The molecule has 1 amide bonds. The number of amides is 1. The summed E-state index contributed by atoms with van der Waals surface area (Å²) in [4.78, 5) is 15.8. The minimum Gasteiger partial charge on any atom is -0.383 e. The second-order valence-electron chi connectivity index (χ2n) is 5.24. The Balaban J connectivity index is 1.81. The van der Waals surface area contributed by atoms with Crippen molar-refractivity contribution in [2.45, 2.75) is 20.3 Å². The standard InChI is InChI=1S/C17H21N3O/c1-13(2)17(21)20-16-9-8-15(12-19-16)18-11-10-14-6-4-3-5-7-14/h3-9,12-13,18H,10-11H2,1-2H3,(H,19,20,21). The minimum atomic E-state index is -0.0459. The molecule has 0 spiro atoms. The molecule has 0 aliphatic rings. The van der Waals surface area contributed by atoms with Crippen LogP contribution in [0.25, 0.3) is 0 Å². The molecule has 0 fully saturated rings. The number of benzene rings is 1. The van der Waals surface area contributed by atoms with Gasteiger partial charge in [0, 0.05) is 12.5 Å². The van der Waals surface area contributed by atoms with E-state index >= 15 is 0 Å². The summed E-state index contributed by atoms with van der Waals surface area (Å²) in [5.41, 5.74) is 2.26. The van der Waals surface area contributed by atoms with Gasteiger partial charge in [0.05, 0.1) is 11.9 Å². The fourth-order valence-corrected chi connectivity index (χ4v) is 1.84. The van der Waals surface area contributed by atoms with Crippen LogP contribution < -0.4 is 10.6 Å². The molecule has 110 valence electrons. The van der Waals surface area contributed by atoms with Crippen molar-refractivity contribution < 1.29 is 4.79 Å². The highest BCUT2D eigenvalue weighted by molar-refractivity contribution is 5.91. The maximum atomic E-state index is 11.6. The Morgan fingerprint density at radius 2 is 1.90 bits per heavy atom. The van der Waals surface area contributed by atoms with Crippen LogP contribution in [-0.2, 0) is 11.2 Å². The third kappa shape index (κ3) is 4.91. The number of carbonyl (C=O) groups excluding carboxylic acids is 1. The number of nitrogens with one attached hydrogen (secondary N) is 2. The molecule has 2 aromatic rings. The number of pyridine rings is 1. The zero-order valence-corrected chi connectivity index (χ0v) is 12.5. The molecule has 0 aliphatic heterocycles. The van der Waals surface area contributed by atoms with Crippen LogP contribution in [0, 0.1) is 5.92 Å². The van der Waals surface area contributed by atoms with Crippen LogP contribution in [0.2, 0.25) is 0 Å². The first-order valence-electron chi connectivity index (χ1n) is 7.20. The van der Waals surface area contributed by atoms with Gasteiger partial charge in [0.1, 0.15) is 5.82 Å². The molecule has 0 saturated carbocycles. The topological polar surface area (TPSA) is 54.0 Å². The van der Waals surface area contributed by atoms with E-state index < -0.39 is 0 Å². The Labute approximate surface area is 125 Å². The molecule has 4 heteroatoms. The summed E-state index contributed by atoms with van der Waals surface area (Å²) >= 11 is 0. The van der Waals surface area contributed by atoms with Gasteiger partial charge in [0.25, 0.3) is 0 Å². The van der Waals surface area contributed by atoms with Gasteiger partial charge in [-0.15, -0.1) is 0 Å². The van der Waals surface area contributed by atoms with E-state index in [1.165, 1.54) is 5.56 Å². The molecule has 21 heavy (non-hydrogen) atoms. The molecule has 0 bridgehead atoms. The van der Waals surface area contributed by atoms with Gasteiger partial charge in [0.2, 0.25) is 5.91 Å². The molecule has 0 aliphatic carbocycles. The van der Waals surface area contributed by atoms with Gasteiger partial charge in [-0.3, -0.25) is 4.79 Å². The van der Waals surface area contributed by atoms with Crippen molar-refractivity contribution >= 4 is 17.4 Å². The van der Waals surface area contributed by atoms with E-state index in [1.807, 2.05) is 44.2 Å². The molecule has 2 N–H and O–H groups in total. The second kappa shape index (κ2) is 7.43. The van der Waals surface area contributed by atoms with Gasteiger partial charge in [-0.2, -0.15) is 0 Å². The predicted octanol–water partition coefficient (Wildman–Crippen LogP) is 3.33. The van der Waals surface area contributed by atoms with Gasteiger partial charge in [0.15, 0.2) is 0 Å². The summed E-state index contributed by atoms with van der Waals surface area (Å²) in [7, 11) is 0. The fourth-order valence-electron chi connectivity index (χ4n) is 1.84. The SMILES string of the molecule is CC(C)C(=O)Nc1ccc(NCCc2ccccc2)cn1. The van der Waals surface area contributed by atoms with Crippen LogP contribution in [0.5, 0.6) is 0 Å². The van der Waals surface area contributed by atoms with Crippen LogP contribution in [0.3, 0.4) is 0 Å². The largest absolute Gasteiger partial charge is 0.383 e. The number of anilines is 2. The molecular formula is C17H21N3O. The smallest absolute Gasteiger partial charge is 0.228 e. The molecular weight excluding hydrogens is 262 g/mol. The fraction of sp³-hybridized carbons (Fsp3) is 0.294. The van der Waals surface area contributed by atoms with Gasteiger partial charge in [-0.05, 0) is 24.1 Å². The molecule has 1 heterocycles. The van der Waals surface area contributed by atoms with E-state index in [2.05, 4.69) is 27.8 Å². The number of nitrogens with zero attached hydrogens (tertiary/aromatic N) is 1. The summed E-state index contributed by atoms with van der Waals surface area (Å²) in [5, 5.41) is 6.09. The third-order valence-corrected chi connectivity index (χ3v) is 3.12. The zero-order chi connectivity index (χ0) is 15.1. The van der Waals surface area contributed by atoms with Crippen LogP contribution in [0.4, 0.5) is 11.5 Å². The average Bonchev–Trinajstić information content (AvgIpc) is 2.50. The maximum absolute atomic E-state index is 11.6. The number of carbonyl (C=O) groups is 1. The third-order valence-electron chi connectivity index (χ3n) is 3.12. The van der Waals surface area contributed by atoms with E-state index in [0.29, 0.717) is 5.82 Å². The van der Waals surface area contributed by atoms with Crippen LogP contribution in [0.15, 0.2) is 48.7 Å². The zero-order valence-electron chi connectivity index (χ0n) is 12.5. The van der Waals surface area contributed by atoms with Gasteiger partial charge >= 0.3 is 0 Å². The molecule has 0 atom stereocenters. The van der Waals surface area contributed by atoms with E-state index in [0.717, 1.165) is 18.7 Å². The lowest BCUT2D eigenvalue weighted by Crippen LogP contribution is -2.18. The van der Waals surface area contributed by atoms with E-state index in [-0.39, 0.29) is 11.8 Å². The summed E-state index contributed by atoms with van der Waals surface area (Å²) in [5.74, 6) is 0.519. The predicted molar refractivity (Wildman–Crippen MR) is 86.3 cm³/mol. The molecule has 0 radical (unpaired) electrons. The monoisotopic (exact) mass is 283 g/mol. The first-order chi connectivity index (χ1) is 10.1. The van der Waals surface area contributed by atoms with Crippen molar-refractivity contribution in [1.82, 2.24) is 4.98 Å². The molecule has 2 rings (SSSR count). The highest BCUT2D eigenvalue weighted by atomic mass is 16.1. The first-order valence-corrected chi connectivity index (χ1v) is 7.20. The first kappa shape index (κ1) is 15.0. The van der Waals surface area contributed by atoms with E-state index in [4.69, 9.17) is 0 Å². The maximum Gasteiger partial charge on any atom is 0.228 e. The number of hydrogen-bond donors (Lipinski definition) is 2. The van der Waals surface area contributed by atoms with E-state index in [1.54, 1.807) is 6.20 Å². The van der Waals surface area contributed by atoms with Crippen molar-refractivity contribution in [3.8, 4) is 0 Å². The lowest BCUT2D eigenvalue weighted by atomic mass is 10.1. The normalized spacial score (nSPS) is 10.4. The number of aromatic nitrogens is 1. The number of rotatable bonds is 6. The van der Waals surface area contributed by atoms with Crippen molar-refractivity contribution in [3.05, 3.63) is 54.2 Å². The summed E-state index contributed by atoms with van der Waals surface area (Å²) < 4.78 is 0. The highest BCUT2D eigenvalue weighted by Gasteiger charge is 2.07. The Morgan fingerprint density at radius 3 is 2.52 bits per heavy atom. The minimum absolute atomic E-state index is 0.0210. The van der Waals surface area contributed by atoms with Crippen LogP contribution in [0.1, 0.15) is 19.4 Å². The highest BCUT2D eigenvalue weighted by Crippen LogP contribution is 2.11. The molecule has 0 saturated heterocycles. The Hall–Kier alpha value is -2.36. The van der Waals surface area contributed by atoms with Crippen molar-refractivity contribution in [1.29, 1.82) is 0 Å². The van der Waals surface area contributed by atoms with Gasteiger partial charge < -0.3 is 10.6 Å². The van der Waals surface area contributed by atoms with E-state index in [9.17, 15) is 4.79 Å².